The number of para-hydroxylation sites is 1. The summed E-state index contributed by atoms with van der Waals surface area (Å²) >= 11 is 0. The Balaban J connectivity index is 1.53. The number of carbonyl (C=O) groups is 1. The molecule has 0 N–H and O–H groups in total. The summed E-state index contributed by atoms with van der Waals surface area (Å²) in [6.45, 7) is 7.16. The molecule has 0 atom stereocenters. The summed E-state index contributed by atoms with van der Waals surface area (Å²) in [5.74, 6) is 0.0890. The zero-order valence-corrected chi connectivity index (χ0v) is 15.3. The van der Waals surface area contributed by atoms with Gasteiger partial charge < -0.3 is 9.80 Å². The monoisotopic (exact) mass is 345 g/mol. The minimum absolute atomic E-state index is 0.0890. The molecule has 1 aliphatic heterocycles. The summed E-state index contributed by atoms with van der Waals surface area (Å²) in [6.07, 6.45) is 0. The van der Waals surface area contributed by atoms with E-state index in [4.69, 9.17) is 0 Å². The number of carbonyl (C=O) groups excluding carboxylic acids is 1. The van der Waals surface area contributed by atoms with Crippen LogP contribution in [0.4, 0.5) is 5.69 Å². The molecule has 0 bridgehead atoms. The van der Waals surface area contributed by atoms with E-state index in [1.54, 1.807) is 0 Å². The fourth-order valence-electron chi connectivity index (χ4n) is 3.59. The Bertz CT molecular complexity index is 944. The van der Waals surface area contributed by atoms with Gasteiger partial charge in [-0.2, -0.15) is 0 Å². The summed E-state index contributed by atoms with van der Waals surface area (Å²) in [5.41, 5.74) is 4.86. The molecule has 1 aromatic heterocycles. The van der Waals surface area contributed by atoms with Gasteiger partial charge in [0.15, 0.2) is 0 Å². The van der Waals surface area contributed by atoms with E-state index in [0.717, 1.165) is 48.3 Å². The summed E-state index contributed by atoms with van der Waals surface area (Å²) in [4.78, 5) is 22.0. The smallest absolute Gasteiger partial charge is 0.255 e. The molecule has 0 saturated carbocycles. The van der Waals surface area contributed by atoms with Gasteiger partial charge in [-0.1, -0.05) is 29.8 Å². The van der Waals surface area contributed by atoms with Crippen molar-refractivity contribution in [3.05, 3.63) is 71.4 Å². The molecule has 4 heteroatoms. The van der Waals surface area contributed by atoms with Crippen LogP contribution in [0.15, 0.2) is 54.6 Å². The molecule has 4 nitrogen and oxygen atoms in total. The summed E-state index contributed by atoms with van der Waals surface area (Å²) in [5, 5.41) is 1.03. The number of hydrogen-bond acceptors (Lipinski definition) is 3. The number of anilines is 1. The van der Waals surface area contributed by atoms with Crippen LogP contribution in [0.3, 0.4) is 0 Å². The number of aromatic nitrogens is 1. The van der Waals surface area contributed by atoms with E-state index in [9.17, 15) is 4.79 Å². The maximum atomic E-state index is 13.1. The second kappa shape index (κ2) is 6.79. The number of rotatable bonds is 2. The van der Waals surface area contributed by atoms with Gasteiger partial charge >= 0.3 is 0 Å². The maximum Gasteiger partial charge on any atom is 0.255 e. The Hall–Kier alpha value is -2.88. The number of fused-ring (bicyclic) bond motifs is 1. The second-order valence-electron chi connectivity index (χ2n) is 6.93. The molecule has 1 saturated heterocycles. The van der Waals surface area contributed by atoms with Crippen molar-refractivity contribution in [2.45, 2.75) is 13.8 Å². The zero-order chi connectivity index (χ0) is 18.1. The van der Waals surface area contributed by atoms with Crippen LogP contribution in [0.2, 0.25) is 0 Å². The number of aryl methyl sites for hydroxylation is 2. The Morgan fingerprint density at radius 2 is 1.65 bits per heavy atom. The first-order valence-electron chi connectivity index (χ1n) is 9.09. The highest BCUT2D eigenvalue weighted by Gasteiger charge is 2.24. The number of nitrogens with zero attached hydrogens (tertiary/aromatic N) is 3. The minimum atomic E-state index is 0.0890. The fourth-order valence-corrected chi connectivity index (χ4v) is 3.59. The third-order valence-electron chi connectivity index (χ3n) is 5.08. The Kier molecular flexibility index (Phi) is 4.33. The molecule has 2 aromatic carbocycles. The molecular weight excluding hydrogens is 322 g/mol. The summed E-state index contributed by atoms with van der Waals surface area (Å²) in [6, 6.07) is 18.5. The van der Waals surface area contributed by atoms with Gasteiger partial charge in [-0.3, -0.25) is 9.78 Å². The Morgan fingerprint density at radius 3 is 2.38 bits per heavy atom. The molecule has 0 spiro atoms. The number of benzene rings is 2. The lowest BCUT2D eigenvalue weighted by Crippen LogP contribution is -2.49. The van der Waals surface area contributed by atoms with Crippen molar-refractivity contribution >= 4 is 22.5 Å². The Labute approximate surface area is 154 Å². The van der Waals surface area contributed by atoms with E-state index in [0.29, 0.717) is 0 Å². The van der Waals surface area contributed by atoms with Crippen LogP contribution in [0.25, 0.3) is 10.9 Å². The van der Waals surface area contributed by atoms with Gasteiger partial charge in [0.1, 0.15) is 0 Å². The SMILES string of the molecule is Cc1ccc2nc(C)c(C(=O)N3CCN(c4ccccc4)CC3)cc2c1. The van der Waals surface area contributed by atoms with Crippen LogP contribution in [-0.4, -0.2) is 42.0 Å². The molecule has 1 amide bonds. The van der Waals surface area contributed by atoms with Crippen molar-refractivity contribution in [3.63, 3.8) is 0 Å². The first-order chi connectivity index (χ1) is 12.6. The fraction of sp³-hybridized carbons (Fsp3) is 0.273. The molecule has 26 heavy (non-hydrogen) atoms. The van der Waals surface area contributed by atoms with Gasteiger partial charge in [0.2, 0.25) is 0 Å². The third-order valence-corrected chi connectivity index (χ3v) is 5.08. The van der Waals surface area contributed by atoms with E-state index in [1.165, 1.54) is 11.3 Å². The Morgan fingerprint density at radius 1 is 0.923 bits per heavy atom. The minimum Gasteiger partial charge on any atom is -0.368 e. The number of pyridine rings is 1. The van der Waals surface area contributed by atoms with Crippen LogP contribution < -0.4 is 4.90 Å². The molecule has 2 heterocycles. The molecule has 0 unspecified atom stereocenters. The lowest BCUT2D eigenvalue weighted by atomic mass is 10.1. The highest BCUT2D eigenvalue weighted by atomic mass is 16.2. The van der Waals surface area contributed by atoms with Gasteiger partial charge in [0, 0.05) is 37.3 Å². The molecule has 3 aromatic rings. The molecule has 132 valence electrons. The third kappa shape index (κ3) is 3.15. The quantitative estimate of drug-likeness (QED) is 0.708. The standard InChI is InChI=1S/C22H23N3O/c1-16-8-9-21-18(14-16)15-20(17(2)23-21)22(26)25-12-10-24(11-13-25)19-6-4-3-5-7-19/h3-9,14-15H,10-13H2,1-2H3. The first kappa shape index (κ1) is 16.6. The van der Waals surface area contributed by atoms with E-state index < -0.39 is 0 Å². The largest absolute Gasteiger partial charge is 0.368 e. The lowest BCUT2D eigenvalue weighted by Gasteiger charge is -2.36. The highest BCUT2D eigenvalue weighted by Crippen LogP contribution is 2.21. The van der Waals surface area contributed by atoms with Gasteiger partial charge in [0.05, 0.1) is 16.8 Å². The van der Waals surface area contributed by atoms with Crippen molar-refractivity contribution in [2.75, 3.05) is 31.1 Å². The molecule has 4 rings (SSSR count). The summed E-state index contributed by atoms with van der Waals surface area (Å²) < 4.78 is 0. The number of piperazine rings is 1. The van der Waals surface area contributed by atoms with Gasteiger partial charge in [-0.15, -0.1) is 0 Å². The predicted molar refractivity (Wildman–Crippen MR) is 106 cm³/mol. The van der Waals surface area contributed by atoms with Gasteiger partial charge in [-0.25, -0.2) is 0 Å². The van der Waals surface area contributed by atoms with Crippen LogP contribution in [0.1, 0.15) is 21.6 Å². The average Bonchev–Trinajstić information content (AvgIpc) is 2.68. The van der Waals surface area contributed by atoms with E-state index in [2.05, 4.69) is 53.2 Å². The number of hydrogen-bond donors (Lipinski definition) is 0. The van der Waals surface area contributed by atoms with Crippen LogP contribution >= 0.6 is 0 Å². The van der Waals surface area contributed by atoms with Crippen molar-refractivity contribution in [1.29, 1.82) is 0 Å². The van der Waals surface area contributed by atoms with E-state index >= 15 is 0 Å². The van der Waals surface area contributed by atoms with Crippen LogP contribution in [0.5, 0.6) is 0 Å². The van der Waals surface area contributed by atoms with Crippen molar-refractivity contribution in [1.82, 2.24) is 9.88 Å². The molecular formula is C22H23N3O. The van der Waals surface area contributed by atoms with Crippen molar-refractivity contribution < 1.29 is 4.79 Å². The molecule has 1 aliphatic rings. The predicted octanol–water partition coefficient (Wildman–Crippen LogP) is 3.81. The zero-order valence-electron chi connectivity index (χ0n) is 15.3. The molecule has 0 aliphatic carbocycles. The van der Waals surface area contributed by atoms with Crippen molar-refractivity contribution in [2.24, 2.45) is 0 Å². The van der Waals surface area contributed by atoms with Crippen LogP contribution in [-0.2, 0) is 0 Å². The molecule has 1 fully saturated rings. The maximum absolute atomic E-state index is 13.1. The molecule has 0 radical (unpaired) electrons. The average molecular weight is 345 g/mol. The first-order valence-corrected chi connectivity index (χ1v) is 9.09. The highest BCUT2D eigenvalue weighted by molar-refractivity contribution is 5.98. The normalized spacial score (nSPS) is 14.7. The lowest BCUT2D eigenvalue weighted by molar-refractivity contribution is 0.0746. The number of amides is 1. The van der Waals surface area contributed by atoms with Gasteiger partial charge in [-0.05, 0) is 44.2 Å². The van der Waals surface area contributed by atoms with E-state index in [-0.39, 0.29) is 5.91 Å². The topological polar surface area (TPSA) is 36.4 Å². The van der Waals surface area contributed by atoms with Crippen LogP contribution in [0, 0.1) is 13.8 Å². The summed E-state index contributed by atoms with van der Waals surface area (Å²) in [7, 11) is 0. The van der Waals surface area contributed by atoms with Gasteiger partial charge in [0.25, 0.3) is 5.91 Å². The van der Waals surface area contributed by atoms with E-state index in [1.807, 2.05) is 30.0 Å². The van der Waals surface area contributed by atoms with Crippen molar-refractivity contribution in [3.8, 4) is 0 Å². The second-order valence-corrected chi connectivity index (χ2v) is 6.93.